The van der Waals surface area contributed by atoms with Crippen LogP contribution in [0.3, 0.4) is 0 Å². The fourth-order valence-corrected chi connectivity index (χ4v) is 2.00. The van der Waals surface area contributed by atoms with Crippen LogP contribution in [-0.2, 0) is 0 Å². The zero-order chi connectivity index (χ0) is 10.7. The van der Waals surface area contributed by atoms with Crippen LogP contribution in [0.25, 0.3) is 10.8 Å². The molecule has 0 nitrogen and oxygen atoms in total. The van der Waals surface area contributed by atoms with Crippen LogP contribution in [0.1, 0.15) is 38.2 Å². The smallest absolute Gasteiger partial charge is 0.0149 e. The van der Waals surface area contributed by atoms with Gasteiger partial charge in [-0.15, -0.1) is 0 Å². The first-order chi connectivity index (χ1) is 7.45. The quantitative estimate of drug-likeness (QED) is 0.620. The second-order valence-corrected chi connectivity index (χ2v) is 3.84. The highest BCUT2D eigenvalue weighted by Crippen LogP contribution is 2.42. The highest BCUT2D eigenvalue weighted by atomic mass is 14.3. The minimum atomic E-state index is 0.853. The number of rotatable bonds is 1. The third kappa shape index (κ3) is 2.04. The molecule has 1 aliphatic carbocycles. The predicted octanol–water partition coefficient (Wildman–Crippen LogP) is 4.74. The summed E-state index contributed by atoms with van der Waals surface area (Å²) >= 11 is 0. The summed E-state index contributed by atoms with van der Waals surface area (Å²) in [6, 6.07) is 15.3. The summed E-state index contributed by atoms with van der Waals surface area (Å²) in [5.41, 5.74) is 1.55. The van der Waals surface area contributed by atoms with Gasteiger partial charge in [-0.1, -0.05) is 56.3 Å². The van der Waals surface area contributed by atoms with Gasteiger partial charge >= 0.3 is 0 Å². The molecule has 0 aromatic heterocycles. The molecule has 0 heteroatoms. The zero-order valence-electron chi connectivity index (χ0n) is 9.53. The van der Waals surface area contributed by atoms with Gasteiger partial charge in [-0.25, -0.2) is 0 Å². The van der Waals surface area contributed by atoms with Crippen molar-refractivity contribution in [1.82, 2.24) is 0 Å². The normalized spacial score (nSPS) is 14.5. The van der Waals surface area contributed by atoms with Gasteiger partial charge in [-0.05, 0) is 35.1 Å². The van der Waals surface area contributed by atoms with Gasteiger partial charge in [0.1, 0.15) is 0 Å². The highest BCUT2D eigenvalue weighted by Gasteiger charge is 2.24. The average Bonchev–Trinajstić information content (AvgIpc) is 3.15. The van der Waals surface area contributed by atoms with Crippen molar-refractivity contribution in [3.05, 3.63) is 48.0 Å². The molecule has 0 amide bonds. The first-order valence-corrected chi connectivity index (χ1v) is 5.93. The maximum atomic E-state index is 2.28. The Kier molecular flexibility index (Phi) is 3.05. The van der Waals surface area contributed by atoms with E-state index >= 15 is 0 Å². The van der Waals surface area contributed by atoms with E-state index in [0.29, 0.717) is 0 Å². The van der Waals surface area contributed by atoms with Crippen molar-refractivity contribution in [2.45, 2.75) is 32.6 Å². The molecule has 0 bridgehead atoms. The predicted molar refractivity (Wildman–Crippen MR) is 67.3 cm³/mol. The Bertz CT molecular complexity index is 433. The minimum Gasteiger partial charge on any atom is -0.0683 e. The molecule has 0 N–H and O–H groups in total. The first-order valence-electron chi connectivity index (χ1n) is 5.93. The van der Waals surface area contributed by atoms with Gasteiger partial charge in [0.05, 0.1) is 0 Å². The molecule has 2 aromatic carbocycles. The molecule has 0 radical (unpaired) electrons. The molecular formula is C15H18. The SMILES string of the molecule is CC.c1ccc2c(C3CC3)cccc2c1. The molecule has 0 unspecified atom stereocenters. The summed E-state index contributed by atoms with van der Waals surface area (Å²) < 4.78 is 0. The van der Waals surface area contributed by atoms with Crippen LogP contribution in [0.2, 0.25) is 0 Å². The maximum absolute atomic E-state index is 2.28. The van der Waals surface area contributed by atoms with Crippen molar-refractivity contribution >= 4 is 10.8 Å². The Morgan fingerprint density at radius 3 is 2.27 bits per heavy atom. The lowest BCUT2D eigenvalue weighted by Gasteiger charge is -2.03. The molecule has 0 heterocycles. The molecule has 0 spiro atoms. The largest absolute Gasteiger partial charge is 0.0683 e. The van der Waals surface area contributed by atoms with Crippen LogP contribution in [0.5, 0.6) is 0 Å². The summed E-state index contributed by atoms with van der Waals surface area (Å²) in [4.78, 5) is 0. The summed E-state index contributed by atoms with van der Waals surface area (Å²) in [6.45, 7) is 4.00. The summed E-state index contributed by atoms with van der Waals surface area (Å²) in [7, 11) is 0. The lowest BCUT2D eigenvalue weighted by atomic mass is 10.0. The molecule has 1 aliphatic rings. The summed E-state index contributed by atoms with van der Waals surface area (Å²) in [5.74, 6) is 0.853. The van der Waals surface area contributed by atoms with Gasteiger partial charge in [0.15, 0.2) is 0 Å². The molecule has 3 rings (SSSR count). The van der Waals surface area contributed by atoms with E-state index in [0.717, 1.165) is 5.92 Å². The van der Waals surface area contributed by atoms with Crippen LogP contribution >= 0.6 is 0 Å². The lowest BCUT2D eigenvalue weighted by Crippen LogP contribution is -1.81. The van der Waals surface area contributed by atoms with E-state index < -0.39 is 0 Å². The van der Waals surface area contributed by atoms with E-state index in [1.165, 1.54) is 23.6 Å². The van der Waals surface area contributed by atoms with E-state index in [1.54, 1.807) is 5.56 Å². The van der Waals surface area contributed by atoms with Crippen LogP contribution in [0.4, 0.5) is 0 Å². The maximum Gasteiger partial charge on any atom is -0.0149 e. The summed E-state index contributed by atoms with van der Waals surface area (Å²) in [5, 5.41) is 2.83. The van der Waals surface area contributed by atoms with Crippen LogP contribution in [0, 0.1) is 0 Å². The van der Waals surface area contributed by atoms with E-state index in [2.05, 4.69) is 42.5 Å². The summed E-state index contributed by atoms with van der Waals surface area (Å²) in [6.07, 6.45) is 2.77. The zero-order valence-corrected chi connectivity index (χ0v) is 9.53. The van der Waals surface area contributed by atoms with Crippen molar-refractivity contribution in [1.29, 1.82) is 0 Å². The van der Waals surface area contributed by atoms with E-state index in [1.807, 2.05) is 13.8 Å². The molecule has 15 heavy (non-hydrogen) atoms. The van der Waals surface area contributed by atoms with Gasteiger partial charge < -0.3 is 0 Å². The van der Waals surface area contributed by atoms with E-state index in [9.17, 15) is 0 Å². The fourth-order valence-electron chi connectivity index (χ4n) is 2.00. The van der Waals surface area contributed by atoms with Crippen LogP contribution in [-0.4, -0.2) is 0 Å². The fraction of sp³-hybridized carbons (Fsp3) is 0.333. The molecule has 0 aliphatic heterocycles. The third-order valence-electron chi connectivity index (χ3n) is 2.84. The Balaban J connectivity index is 0.000000404. The topological polar surface area (TPSA) is 0 Å². The molecule has 0 saturated heterocycles. The Morgan fingerprint density at radius 1 is 0.867 bits per heavy atom. The van der Waals surface area contributed by atoms with Crippen molar-refractivity contribution in [3.63, 3.8) is 0 Å². The molecular weight excluding hydrogens is 180 g/mol. The van der Waals surface area contributed by atoms with Gasteiger partial charge in [-0.3, -0.25) is 0 Å². The first kappa shape index (κ1) is 10.2. The van der Waals surface area contributed by atoms with Crippen LogP contribution < -0.4 is 0 Å². The van der Waals surface area contributed by atoms with E-state index in [4.69, 9.17) is 0 Å². The third-order valence-corrected chi connectivity index (χ3v) is 2.84. The van der Waals surface area contributed by atoms with Gasteiger partial charge in [0.25, 0.3) is 0 Å². The van der Waals surface area contributed by atoms with Crippen molar-refractivity contribution in [2.75, 3.05) is 0 Å². The second kappa shape index (κ2) is 4.48. The Morgan fingerprint density at radius 2 is 1.53 bits per heavy atom. The average molecular weight is 198 g/mol. The van der Waals surface area contributed by atoms with Crippen molar-refractivity contribution < 1.29 is 0 Å². The van der Waals surface area contributed by atoms with Crippen molar-refractivity contribution in [3.8, 4) is 0 Å². The number of fused-ring (bicyclic) bond motifs is 1. The highest BCUT2D eigenvalue weighted by molar-refractivity contribution is 5.86. The molecule has 1 saturated carbocycles. The van der Waals surface area contributed by atoms with Gasteiger partial charge in [0.2, 0.25) is 0 Å². The Hall–Kier alpha value is -1.30. The number of hydrogen-bond acceptors (Lipinski definition) is 0. The molecule has 2 aromatic rings. The molecule has 78 valence electrons. The number of hydrogen-bond donors (Lipinski definition) is 0. The van der Waals surface area contributed by atoms with Gasteiger partial charge in [-0.2, -0.15) is 0 Å². The van der Waals surface area contributed by atoms with Crippen LogP contribution in [0.15, 0.2) is 42.5 Å². The van der Waals surface area contributed by atoms with Gasteiger partial charge in [0, 0.05) is 0 Å². The lowest BCUT2D eigenvalue weighted by molar-refractivity contribution is 1.15. The minimum absolute atomic E-state index is 0.853. The monoisotopic (exact) mass is 198 g/mol. The molecule has 1 fully saturated rings. The number of benzene rings is 2. The van der Waals surface area contributed by atoms with E-state index in [-0.39, 0.29) is 0 Å². The molecule has 0 atom stereocenters. The second-order valence-electron chi connectivity index (χ2n) is 3.84. The van der Waals surface area contributed by atoms with Crippen molar-refractivity contribution in [2.24, 2.45) is 0 Å². The Labute approximate surface area is 91.9 Å². The standard InChI is InChI=1S/C13H12.C2H6/c1-2-6-12-10(4-1)5-3-7-13(12)11-8-9-11;1-2/h1-7,11H,8-9H2;1-2H3.